The van der Waals surface area contributed by atoms with E-state index in [1.54, 1.807) is 0 Å². The Kier molecular flexibility index (Phi) is 4.71. The molecule has 20 heavy (non-hydrogen) atoms. The van der Waals surface area contributed by atoms with E-state index in [0.717, 1.165) is 32.1 Å². The molecule has 3 unspecified atom stereocenters. The molecule has 114 valence electrons. The summed E-state index contributed by atoms with van der Waals surface area (Å²) in [5.74, 6) is 0.843. The summed E-state index contributed by atoms with van der Waals surface area (Å²) < 4.78 is 10.7. The van der Waals surface area contributed by atoms with Crippen molar-refractivity contribution in [3.05, 3.63) is 0 Å². The molecule has 2 fully saturated rings. The molecule has 2 aliphatic rings. The van der Waals surface area contributed by atoms with Crippen LogP contribution in [0.2, 0.25) is 0 Å². The van der Waals surface area contributed by atoms with Gasteiger partial charge in [0.15, 0.2) is 0 Å². The fourth-order valence-corrected chi connectivity index (χ4v) is 3.13. The molecule has 4 nitrogen and oxygen atoms in total. The summed E-state index contributed by atoms with van der Waals surface area (Å²) in [5, 5.41) is 0. The standard InChI is InChI=1S/C16H26O4/c1-4-16(2,3)15(18)19-6-5-11-7-12-9-13(8-11)20-14(17)10-12/h11-13H,4-10H2,1-3H3. The molecule has 2 rings (SSSR count). The minimum absolute atomic E-state index is 0.0409. The Bertz CT molecular complexity index is 359. The lowest BCUT2D eigenvalue weighted by molar-refractivity contribution is -0.162. The molecule has 1 heterocycles. The second kappa shape index (κ2) is 6.15. The minimum atomic E-state index is -0.390. The van der Waals surface area contributed by atoms with Crippen LogP contribution >= 0.6 is 0 Å². The van der Waals surface area contributed by atoms with Crippen molar-refractivity contribution < 1.29 is 19.1 Å². The molecule has 0 spiro atoms. The Morgan fingerprint density at radius 2 is 2.10 bits per heavy atom. The largest absolute Gasteiger partial charge is 0.465 e. The summed E-state index contributed by atoms with van der Waals surface area (Å²) in [5.41, 5.74) is -0.390. The van der Waals surface area contributed by atoms with E-state index in [1.165, 1.54) is 0 Å². The monoisotopic (exact) mass is 282 g/mol. The highest BCUT2D eigenvalue weighted by atomic mass is 16.5. The maximum absolute atomic E-state index is 11.9. The Labute approximate surface area is 121 Å². The van der Waals surface area contributed by atoms with Crippen LogP contribution in [0.3, 0.4) is 0 Å². The zero-order chi connectivity index (χ0) is 14.8. The van der Waals surface area contributed by atoms with Gasteiger partial charge in [-0.25, -0.2) is 0 Å². The van der Waals surface area contributed by atoms with Crippen LogP contribution in [0.1, 0.15) is 59.3 Å². The fraction of sp³-hybridized carbons (Fsp3) is 0.875. The van der Waals surface area contributed by atoms with Gasteiger partial charge >= 0.3 is 11.9 Å². The van der Waals surface area contributed by atoms with E-state index in [-0.39, 0.29) is 18.0 Å². The summed E-state index contributed by atoms with van der Waals surface area (Å²) in [6, 6.07) is 0. The van der Waals surface area contributed by atoms with E-state index < -0.39 is 5.41 Å². The van der Waals surface area contributed by atoms with E-state index >= 15 is 0 Å². The summed E-state index contributed by atoms with van der Waals surface area (Å²) in [6.45, 7) is 6.32. The lowest BCUT2D eigenvalue weighted by atomic mass is 9.75. The van der Waals surface area contributed by atoms with E-state index in [1.807, 2.05) is 20.8 Å². The second-order valence-corrected chi connectivity index (χ2v) is 6.92. The van der Waals surface area contributed by atoms with Crippen molar-refractivity contribution in [1.82, 2.24) is 0 Å². The lowest BCUT2D eigenvalue weighted by Gasteiger charge is -2.38. The molecule has 1 aliphatic carbocycles. The zero-order valence-corrected chi connectivity index (χ0v) is 12.8. The highest BCUT2D eigenvalue weighted by Gasteiger charge is 2.36. The Hall–Kier alpha value is -1.06. The number of hydrogen-bond acceptors (Lipinski definition) is 4. The molecule has 0 aromatic heterocycles. The summed E-state index contributed by atoms with van der Waals surface area (Å²) >= 11 is 0. The number of hydrogen-bond donors (Lipinski definition) is 0. The fourth-order valence-electron chi connectivity index (χ4n) is 3.13. The lowest BCUT2D eigenvalue weighted by Crippen LogP contribution is -2.37. The summed E-state index contributed by atoms with van der Waals surface area (Å²) in [7, 11) is 0. The van der Waals surface area contributed by atoms with E-state index in [4.69, 9.17) is 9.47 Å². The van der Waals surface area contributed by atoms with Crippen molar-refractivity contribution in [3.63, 3.8) is 0 Å². The number of carbonyl (C=O) groups excluding carboxylic acids is 2. The molecule has 0 N–H and O–H groups in total. The highest BCUT2D eigenvalue weighted by Crippen LogP contribution is 2.38. The van der Waals surface area contributed by atoms with Crippen LogP contribution in [0.5, 0.6) is 0 Å². The first-order valence-corrected chi connectivity index (χ1v) is 7.77. The Morgan fingerprint density at radius 3 is 2.75 bits per heavy atom. The molecule has 0 amide bonds. The van der Waals surface area contributed by atoms with Crippen LogP contribution in [0.25, 0.3) is 0 Å². The van der Waals surface area contributed by atoms with Gasteiger partial charge in [0.25, 0.3) is 0 Å². The van der Waals surface area contributed by atoms with E-state index in [0.29, 0.717) is 24.9 Å². The highest BCUT2D eigenvalue weighted by molar-refractivity contribution is 5.75. The van der Waals surface area contributed by atoms with Gasteiger partial charge in [-0.3, -0.25) is 9.59 Å². The summed E-state index contributed by atoms with van der Waals surface area (Å²) in [6.07, 6.45) is 5.35. The number of esters is 2. The SMILES string of the molecule is CCC(C)(C)C(=O)OCCC1CC2CC(=O)OC(C1)C2. The average Bonchev–Trinajstić information content (AvgIpc) is 2.37. The number of fused-ring (bicyclic) bond motifs is 2. The van der Waals surface area contributed by atoms with Gasteiger partial charge in [0.2, 0.25) is 0 Å². The van der Waals surface area contributed by atoms with Gasteiger partial charge in [-0.05, 0) is 57.8 Å². The molecular formula is C16H26O4. The minimum Gasteiger partial charge on any atom is -0.465 e. The molecule has 4 heteroatoms. The molecule has 2 bridgehead atoms. The van der Waals surface area contributed by atoms with Crippen molar-refractivity contribution in [2.45, 2.75) is 65.4 Å². The third kappa shape index (κ3) is 3.74. The van der Waals surface area contributed by atoms with E-state index in [2.05, 4.69) is 0 Å². The van der Waals surface area contributed by atoms with Crippen LogP contribution in [0.4, 0.5) is 0 Å². The first kappa shape index (κ1) is 15.3. The maximum Gasteiger partial charge on any atom is 0.311 e. The van der Waals surface area contributed by atoms with Gasteiger partial charge in [0.1, 0.15) is 6.10 Å². The quantitative estimate of drug-likeness (QED) is 0.727. The third-order valence-corrected chi connectivity index (χ3v) is 4.81. The van der Waals surface area contributed by atoms with Crippen molar-refractivity contribution in [1.29, 1.82) is 0 Å². The molecule has 1 saturated carbocycles. The topological polar surface area (TPSA) is 52.6 Å². The van der Waals surface area contributed by atoms with Gasteiger partial charge in [0.05, 0.1) is 12.0 Å². The predicted octanol–water partition coefficient (Wildman–Crippen LogP) is 3.09. The summed E-state index contributed by atoms with van der Waals surface area (Å²) in [4.78, 5) is 23.2. The Balaban J connectivity index is 1.73. The first-order valence-electron chi connectivity index (χ1n) is 7.77. The average molecular weight is 282 g/mol. The molecule has 1 saturated heterocycles. The smallest absolute Gasteiger partial charge is 0.311 e. The number of carbonyl (C=O) groups is 2. The van der Waals surface area contributed by atoms with Crippen molar-refractivity contribution >= 4 is 11.9 Å². The van der Waals surface area contributed by atoms with Gasteiger partial charge in [-0.15, -0.1) is 0 Å². The molecule has 0 aromatic carbocycles. The van der Waals surface area contributed by atoms with Crippen LogP contribution in [-0.2, 0) is 19.1 Å². The molecule has 1 aliphatic heterocycles. The van der Waals surface area contributed by atoms with E-state index in [9.17, 15) is 9.59 Å². The normalized spacial score (nSPS) is 29.8. The third-order valence-electron chi connectivity index (χ3n) is 4.81. The van der Waals surface area contributed by atoms with Crippen LogP contribution < -0.4 is 0 Å². The van der Waals surface area contributed by atoms with Crippen LogP contribution in [-0.4, -0.2) is 24.6 Å². The first-order chi connectivity index (χ1) is 9.40. The van der Waals surface area contributed by atoms with Crippen molar-refractivity contribution in [2.75, 3.05) is 6.61 Å². The van der Waals surface area contributed by atoms with Gasteiger partial charge < -0.3 is 9.47 Å². The Morgan fingerprint density at radius 1 is 1.35 bits per heavy atom. The molecular weight excluding hydrogens is 256 g/mol. The zero-order valence-electron chi connectivity index (χ0n) is 12.8. The molecule has 0 radical (unpaired) electrons. The van der Waals surface area contributed by atoms with Crippen LogP contribution in [0.15, 0.2) is 0 Å². The van der Waals surface area contributed by atoms with Crippen molar-refractivity contribution in [3.8, 4) is 0 Å². The predicted molar refractivity (Wildman–Crippen MR) is 75.0 cm³/mol. The molecule has 3 atom stereocenters. The number of ether oxygens (including phenoxy) is 2. The van der Waals surface area contributed by atoms with Gasteiger partial charge in [0, 0.05) is 6.42 Å². The molecule has 0 aromatic rings. The second-order valence-electron chi connectivity index (χ2n) is 6.92. The number of rotatable bonds is 5. The van der Waals surface area contributed by atoms with Crippen molar-refractivity contribution in [2.24, 2.45) is 17.3 Å². The van der Waals surface area contributed by atoms with Crippen LogP contribution in [0, 0.1) is 17.3 Å². The van der Waals surface area contributed by atoms with Gasteiger partial charge in [-0.1, -0.05) is 6.92 Å². The van der Waals surface area contributed by atoms with Gasteiger partial charge in [-0.2, -0.15) is 0 Å². The maximum atomic E-state index is 11.9.